The van der Waals surface area contributed by atoms with Crippen molar-refractivity contribution in [2.24, 2.45) is 0 Å². The van der Waals surface area contributed by atoms with E-state index in [0.717, 1.165) is 6.42 Å². The first-order chi connectivity index (χ1) is 6.65. The van der Waals surface area contributed by atoms with Crippen molar-refractivity contribution in [3.05, 3.63) is 34.4 Å². The molecule has 0 fully saturated rings. The zero-order chi connectivity index (χ0) is 10.6. The summed E-state index contributed by atoms with van der Waals surface area (Å²) >= 11 is 0. The molecule has 0 saturated heterocycles. The van der Waals surface area contributed by atoms with E-state index in [1.165, 1.54) is 6.07 Å². The summed E-state index contributed by atoms with van der Waals surface area (Å²) in [5, 5.41) is 13.8. The first-order valence-corrected chi connectivity index (χ1v) is 4.65. The largest absolute Gasteiger partial charge is 0.377 e. The Bertz CT molecular complexity index is 326. The summed E-state index contributed by atoms with van der Waals surface area (Å²) in [5.41, 5.74) is 0.722. The predicted molar refractivity (Wildman–Crippen MR) is 56.5 cm³/mol. The van der Waals surface area contributed by atoms with E-state index in [1.54, 1.807) is 18.2 Å². The molecule has 1 aromatic carbocycles. The molecule has 0 bridgehead atoms. The second kappa shape index (κ2) is 4.60. The van der Waals surface area contributed by atoms with Gasteiger partial charge in [-0.25, -0.2) is 0 Å². The molecule has 0 spiro atoms. The molecule has 0 radical (unpaired) electrons. The minimum atomic E-state index is -0.370. The summed E-state index contributed by atoms with van der Waals surface area (Å²) < 4.78 is 0. The van der Waals surface area contributed by atoms with Crippen molar-refractivity contribution in [3.63, 3.8) is 0 Å². The van der Waals surface area contributed by atoms with E-state index in [4.69, 9.17) is 0 Å². The van der Waals surface area contributed by atoms with Crippen LogP contribution in [0.3, 0.4) is 0 Å². The molecule has 1 N–H and O–H groups in total. The molecular weight excluding hydrogens is 180 g/mol. The highest BCUT2D eigenvalue weighted by Crippen LogP contribution is 2.23. The number of para-hydroxylation sites is 2. The van der Waals surface area contributed by atoms with E-state index in [9.17, 15) is 10.1 Å². The van der Waals surface area contributed by atoms with Crippen LogP contribution in [0.25, 0.3) is 0 Å². The lowest BCUT2D eigenvalue weighted by molar-refractivity contribution is -0.384. The molecule has 4 heteroatoms. The van der Waals surface area contributed by atoms with E-state index in [0.29, 0.717) is 5.69 Å². The summed E-state index contributed by atoms with van der Waals surface area (Å²) in [6.45, 7) is 4.03. The fourth-order valence-corrected chi connectivity index (χ4v) is 1.12. The van der Waals surface area contributed by atoms with Crippen LogP contribution in [0.2, 0.25) is 0 Å². The van der Waals surface area contributed by atoms with Crippen molar-refractivity contribution in [2.75, 3.05) is 5.32 Å². The van der Waals surface area contributed by atoms with Crippen molar-refractivity contribution in [1.82, 2.24) is 0 Å². The number of benzene rings is 1. The van der Waals surface area contributed by atoms with Gasteiger partial charge in [0.15, 0.2) is 0 Å². The van der Waals surface area contributed by atoms with Gasteiger partial charge in [0.2, 0.25) is 0 Å². The number of nitrogens with one attached hydrogen (secondary N) is 1. The SMILES string of the molecule is CC[C@@H](C)Nc1ccccc1[N+](=O)[O-]. The molecule has 0 aliphatic rings. The lowest BCUT2D eigenvalue weighted by Crippen LogP contribution is -2.14. The number of rotatable bonds is 4. The van der Waals surface area contributed by atoms with Crippen molar-refractivity contribution >= 4 is 11.4 Å². The molecule has 0 amide bonds. The van der Waals surface area contributed by atoms with Crippen LogP contribution in [-0.2, 0) is 0 Å². The minimum absolute atomic E-state index is 0.132. The first kappa shape index (κ1) is 10.5. The summed E-state index contributed by atoms with van der Waals surface area (Å²) in [7, 11) is 0. The second-order valence-corrected chi connectivity index (χ2v) is 3.23. The molecule has 1 atom stereocenters. The maximum atomic E-state index is 10.7. The van der Waals surface area contributed by atoms with Crippen molar-refractivity contribution in [3.8, 4) is 0 Å². The summed E-state index contributed by atoms with van der Waals surface area (Å²) in [4.78, 5) is 10.3. The zero-order valence-electron chi connectivity index (χ0n) is 8.36. The Morgan fingerprint density at radius 1 is 1.50 bits per heavy atom. The fraction of sp³-hybridized carbons (Fsp3) is 0.400. The van der Waals surface area contributed by atoms with Crippen LogP contribution in [0.4, 0.5) is 11.4 Å². The average Bonchev–Trinajstić information content (AvgIpc) is 2.18. The van der Waals surface area contributed by atoms with Crippen LogP contribution < -0.4 is 5.32 Å². The second-order valence-electron chi connectivity index (χ2n) is 3.23. The topological polar surface area (TPSA) is 55.2 Å². The molecular formula is C10H14N2O2. The maximum absolute atomic E-state index is 10.7. The predicted octanol–water partition coefficient (Wildman–Crippen LogP) is 2.81. The zero-order valence-corrected chi connectivity index (χ0v) is 8.36. The average molecular weight is 194 g/mol. The molecule has 1 aromatic rings. The summed E-state index contributed by atoms with van der Waals surface area (Å²) in [5.74, 6) is 0. The molecule has 0 heterocycles. The third kappa shape index (κ3) is 2.45. The lowest BCUT2D eigenvalue weighted by atomic mass is 10.2. The molecule has 0 saturated carbocycles. The number of hydrogen-bond acceptors (Lipinski definition) is 3. The van der Waals surface area contributed by atoms with Crippen molar-refractivity contribution in [1.29, 1.82) is 0 Å². The van der Waals surface area contributed by atoms with Gasteiger partial charge in [-0.3, -0.25) is 10.1 Å². The van der Waals surface area contributed by atoms with Crippen molar-refractivity contribution in [2.45, 2.75) is 26.3 Å². The van der Waals surface area contributed by atoms with Crippen LogP contribution in [0, 0.1) is 10.1 Å². The van der Waals surface area contributed by atoms with Gasteiger partial charge in [-0.05, 0) is 19.4 Å². The van der Waals surface area contributed by atoms with Crippen LogP contribution in [0.5, 0.6) is 0 Å². The smallest absolute Gasteiger partial charge is 0.292 e. The molecule has 0 aliphatic carbocycles. The van der Waals surface area contributed by atoms with E-state index in [-0.39, 0.29) is 16.7 Å². The van der Waals surface area contributed by atoms with Gasteiger partial charge in [0, 0.05) is 12.1 Å². The third-order valence-corrected chi connectivity index (χ3v) is 2.12. The Hall–Kier alpha value is -1.58. The summed E-state index contributed by atoms with van der Waals surface area (Å²) in [6.07, 6.45) is 0.937. The van der Waals surface area contributed by atoms with Gasteiger partial charge in [-0.2, -0.15) is 0 Å². The van der Waals surface area contributed by atoms with E-state index in [1.807, 2.05) is 13.8 Å². The normalized spacial score (nSPS) is 12.1. The molecule has 76 valence electrons. The Kier molecular flexibility index (Phi) is 3.45. The number of nitro groups is 1. The van der Waals surface area contributed by atoms with Crippen LogP contribution in [0.15, 0.2) is 24.3 Å². The highest BCUT2D eigenvalue weighted by molar-refractivity contribution is 5.61. The number of hydrogen-bond donors (Lipinski definition) is 1. The van der Waals surface area contributed by atoms with Gasteiger partial charge in [-0.15, -0.1) is 0 Å². The van der Waals surface area contributed by atoms with Crippen LogP contribution >= 0.6 is 0 Å². The fourth-order valence-electron chi connectivity index (χ4n) is 1.12. The summed E-state index contributed by atoms with van der Waals surface area (Å²) in [6, 6.07) is 6.93. The Morgan fingerprint density at radius 2 is 2.14 bits per heavy atom. The number of nitro benzene ring substituents is 1. The van der Waals surface area contributed by atoms with Crippen LogP contribution in [-0.4, -0.2) is 11.0 Å². The number of nitrogens with zero attached hydrogens (tertiary/aromatic N) is 1. The van der Waals surface area contributed by atoms with Gasteiger partial charge >= 0.3 is 0 Å². The van der Waals surface area contributed by atoms with Crippen LogP contribution in [0.1, 0.15) is 20.3 Å². The van der Waals surface area contributed by atoms with Gasteiger partial charge in [0.05, 0.1) is 4.92 Å². The van der Waals surface area contributed by atoms with Crippen molar-refractivity contribution < 1.29 is 4.92 Å². The molecule has 0 aromatic heterocycles. The van der Waals surface area contributed by atoms with Gasteiger partial charge in [-0.1, -0.05) is 19.1 Å². The van der Waals surface area contributed by atoms with E-state index < -0.39 is 0 Å². The Labute approximate surface area is 83.1 Å². The third-order valence-electron chi connectivity index (χ3n) is 2.12. The highest BCUT2D eigenvalue weighted by Gasteiger charge is 2.12. The lowest BCUT2D eigenvalue weighted by Gasteiger charge is -2.12. The quantitative estimate of drug-likeness (QED) is 0.592. The molecule has 4 nitrogen and oxygen atoms in total. The number of anilines is 1. The maximum Gasteiger partial charge on any atom is 0.292 e. The molecule has 0 aliphatic heterocycles. The molecule has 14 heavy (non-hydrogen) atoms. The monoisotopic (exact) mass is 194 g/mol. The minimum Gasteiger partial charge on any atom is -0.377 e. The Morgan fingerprint density at radius 3 is 2.71 bits per heavy atom. The van der Waals surface area contributed by atoms with Gasteiger partial charge in [0.1, 0.15) is 5.69 Å². The highest BCUT2D eigenvalue weighted by atomic mass is 16.6. The Balaban J connectivity index is 2.90. The van der Waals surface area contributed by atoms with E-state index in [2.05, 4.69) is 5.32 Å². The van der Waals surface area contributed by atoms with Gasteiger partial charge in [0.25, 0.3) is 5.69 Å². The first-order valence-electron chi connectivity index (χ1n) is 4.65. The molecule has 1 rings (SSSR count). The molecule has 0 unspecified atom stereocenters. The van der Waals surface area contributed by atoms with Gasteiger partial charge < -0.3 is 5.32 Å². The standard InChI is InChI=1S/C10H14N2O2/c1-3-8(2)11-9-6-4-5-7-10(9)12(13)14/h4-8,11H,3H2,1-2H3/t8-/m1/s1. The van der Waals surface area contributed by atoms with E-state index >= 15 is 0 Å².